The minimum atomic E-state index is 0.267. The van der Waals surface area contributed by atoms with E-state index < -0.39 is 0 Å². The van der Waals surface area contributed by atoms with Crippen molar-refractivity contribution in [1.29, 1.82) is 0 Å². The summed E-state index contributed by atoms with van der Waals surface area (Å²) in [5.41, 5.74) is 4.50. The number of hydrogen-bond donors (Lipinski definition) is 1. The first-order valence-electron chi connectivity index (χ1n) is 9.59. The summed E-state index contributed by atoms with van der Waals surface area (Å²) in [6, 6.07) is 26.0. The molecule has 0 unspecified atom stereocenters. The van der Waals surface area contributed by atoms with Gasteiger partial charge in [0, 0.05) is 17.0 Å². The number of nitrogens with zero attached hydrogens (tertiary/aromatic N) is 1. The molecule has 3 aromatic rings. The Morgan fingerprint density at radius 1 is 0.828 bits per heavy atom. The molecular weight excluding hydrogens is 378 g/mol. The Bertz CT molecular complexity index is 933. The zero-order chi connectivity index (χ0) is 20.6. The fraction of sp³-hybridized carbons (Fsp3) is 0.200. The van der Waals surface area contributed by atoms with Gasteiger partial charge in [0.25, 0.3) is 0 Å². The summed E-state index contributed by atoms with van der Waals surface area (Å²) in [6.07, 6.45) is 2.10. The lowest BCUT2D eigenvalue weighted by Crippen LogP contribution is -2.19. The van der Waals surface area contributed by atoms with E-state index in [4.69, 9.17) is 4.74 Å². The van der Waals surface area contributed by atoms with Crippen LogP contribution in [0.25, 0.3) is 10.5 Å². The lowest BCUT2D eigenvalue weighted by molar-refractivity contribution is 0.261. The van der Waals surface area contributed by atoms with E-state index >= 15 is 0 Å². The third-order valence-corrected chi connectivity index (χ3v) is 5.42. The van der Waals surface area contributed by atoms with Gasteiger partial charge in [-0.3, -0.25) is 0 Å². The molecule has 0 bridgehead atoms. The molecule has 0 fully saturated rings. The summed E-state index contributed by atoms with van der Waals surface area (Å²) < 4.78 is 5.85. The third kappa shape index (κ3) is 5.66. The van der Waals surface area contributed by atoms with E-state index in [0.717, 1.165) is 29.0 Å². The third-order valence-electron chi connectivity index (χ3n) is 4.57. The van der Waals surface area contributed by atoms with Crippen molar-refractivity contribution in [3.63, 3.8) is 0 Å². The Labute approximate surface area is 177 Å². The Balaban J connectivity index is 2.02. The molecule has 0 aliphatic rings. The minimum absolute atomic E-state index is 0.267. The van der Waals surface area contributed by atoms with Crippen LogP contribution in [0.15, 0.2) is 78.9 Å². The van der Waals surface area contributed by atoms with Gasteiger partial charge in [0.15, 0.2) is 0 Å². The number of rotatable bonds is 8. The van der Waals surface area contributed by atoms with E-state index in [2.05, 4.69) is 47.6 Å². The summed E-state index contributed by atoms with van der Waals surface area (Å²) in [5, 5.41) is 9.74. The second-order valence-corrected chi connectivity index (χ2v) is 7.81. The van der Waals surface area contributed by atoms with Crippen LogP contribution < -0.4 is 4.74 Å². The summed E-state index contributed by atoms with van der Waals surface area (Å²) >= 11 is 1.73. The summed E-state index contributed by atoms with van der Waals surface area (Å²) in [5.74, 6) is 1.13. The van der Waals surface area contributed by atoms with Gasteiger partial charge in [-0.15, -0.1) is 11.8 Å². The van der Waals surface area contributed by atoms with Crippen molar-refractivity contribution in [2.45, 2.75) is 0 Å². The van der Waals surface area contributed by atoms with Crippen LogP contribution in [0.3, 0.4) is 0 Å². The number of thioether (sulfide) groups is 1. The second kappa shape index (κ2) is 10.2. The molecule has 4 heteroatoms. The van der Waals surface area contributed by atoms with E-state index in [1.807, 2.05) is 44.4 Å². The van der Waals surface area contributed by atoms with Crippen LogP contribution in [-0.4, -0.2) is 43.5 Å². The number of aromatic hydroxyl groups is 1. The predicted molar refractivity (Wildman–Crippen MR) is 124 cm³/mol. The molecule has 3 aromatic carbocycles. The minimum Gasteiger partial charge on any atom is -0.508 e. The van der Waals surface area contributed by atoms with Crippen LogP contribution in [0.2, 0.25) is 0 Å². The van der Waals surface area contributed by atoms with Crippen molar-refractivity contribution in [2.75, 3.05) is 33.5 Å². The predicted octanol–water partition coefficient (Wildman–Crippen LogP) is 5.61. The van der Waals surface area contributed by atoms with Gasteiger partial charge in [0.05, 0.1) is 0 Å². The average molecular weight is 406 g/mol. The van der Waals surface area contributed by atoms with Crippen LogP contribution in [0.1, 0.15) is 16.7 Å². The number of hydrogen-bond acceptors (Lipinski definition) is 4. The maximum absolute atomic E-state index is 9.74. The summed E-state index contributed by atoms with van der Waals surface area (Å²) in [4.78, 5) is 3.29. The van der Waals surface area contributed by atoms with E-state index in [-0.39, 0.29) is 5.75 Å². The van der Waals surface area contributed by atoms with Crippen LogP contribution in [0, 0.1) is 0 Å². The van der Waals surface area contributed by atoms with Gasteiger partial charge in [-0.05, 0) is 61.3 Å². The zero-order valence-electron chi connectivity index (χ0n) is 17.1. The molecule has 29 heavy (non-hydrogen) atoms. The van der Waals surface area contributed by atoms with Gasteiger partial charge in [0.1, 0.15) is 18.1 Å². The quantitative estimate of drug-likeness (QED) is 0.494. The summed E-state index contributed by atoms with van der Waals surface area (Å²) in [6.45, 7) is 1.54. The smallest absolute Gasteiger partial charge is 0.119 e. The van der Waals surface area contributed by atoms with Crippen molar-refractivity contribution in [2.24, 2.45) is 0 Å². The van der Waals surface area contributed by atoms with E-state index in [9.17, 15) is 5.11 Å². The molecular formula is C25H27NO2S. The van der Waals surface area contributed by atoms with Crippen molar-refractivity contribution < 1.29 is 9.84 Å². The highest BCUT2D eigenvalue weighted by Gasteiger charge is 2.14. The molecule has 0 atom stereocenters. The van der Waals surface area contributed by atoms with Crippen molar-refractivity contribution in [3.05, 3.63) is 95.6 Å². The highest BCUT2D eigenvalue weighted by atomic mass is 32.2. The van der Waals surface area contributed by atoms with Crippen LogP contribution in [-0.2, 0) is 0 Å². The molecule has 150 valence electrons. The Morgan fingerprint density at radius 3 is 1.97 bits per heavy atom. The number of ether oxygens (including phenoxy) is 1. The lowest BCUT2D eigenvalue weighted by Gasteiger charge is -2.16. The molecule has 0 aromatic heterocycles. The average Bonchev–Trinajstić information content (AvgIpc) is 2.74. The first kappa shape index (κ1) is 21.0. The lowest BCUT2D eigenvalue weighted by atomic mass is 9.95. The van der Waals surface area contributed by atoms with Crippen LogP contribution >= 0.6 is 11.8 Å². The van der Waals surface area contributed by atoms with Crippen LogP contribution in [0.5, 0.6) is 11.5 Å². The standard InChI is InChI=1S/C25H27NO2S/c1-26(2)17-18-28-23-15-11-20(12-16-23)24(19-9-13-22(27)14-10-19)25(29-3)21-7-5-4-6-8-21/h4-16,27H,17-18H2,1-3H3/b25-24+. The molecule has 0 saturated heterocycles. The number of phenols is 1. The monoisotopic (exact) mass is 405 g/mol. The van der Waals surface area contributed by atoms with Crippen molar-refractivity contribution in [1.82, 2.24) is 4.90 Å². The fourth-order valence-corrected chi connectivity index (χ4v) is 3.89. The van der Waals surface area contributed by atoms with Gasteiger partial charge in [-0.2, -0.15) is 0 Å². The molecule has 0 amide bonds. The van der Waals surface area contributed by atoms with Crippen LogP contribution in [0.4, 0.5) is 0 Å². The molecule has 0 aliphatic heterocycles. The maximum atomic E-state index is 9.74. The molecule has 0 aliphatic carbocycles. The molecule has 3 nitrogen and oxygen atoms in total. The Kier molecular flexibility index (Phi) is 7.39. The van der Waals surface area contributed by atoms with Gasteiger partial charge < -0.3 is 14.7 Å². The molecule has 0 heterocycles. The topological polar surface area (TPSA) is 32.7 Å². The summed E-state index contributed by atoms with van der Waals surface area (Å²) in [7, 11) is 4.07. The largest absolute Gasteiger partial charge is 0.508 e. The Morgan fingerprint density at radius 2 is 1.41 bits per heavy atom. The van der Waals surface area contributed by atoms with Gasteiger partial charge in [0.2, 0.25) is 0 Å². The first-order valence-corrected chi connectivity index (χ1v) is 10.8. The molecule has 3 rings (SSSR count). The zero-order valence-corrected chi connectivity index (χ0v) is 17.9. The normalized spacial score (nSPS) is 12.0. The van der Waals surface area contributed by atoms with Gasteiger partial charge >= 0.3 is 0 Å². The number of phenolic OH excluding ortho intramolecular Hbond substituents is 1. The highest BCUT2D eigenvalue weighted by Crippen LogP contribution is 2.38. The second-order valence-electron chi connectivity index (χ2n) is 7.00. The van der Waals surface area contributed by atoms with E-state index in [0.29, 0.717) is 6.61 Å². The number of likely N-dealkylation sites (N-methyl/N-ethyl adjacent to an activating group) is 1. The fourth-order valence-electron chi connectivity index (χ4n) is 3.07. The van der Waals surface area contributed by atoms with Gasteiger partial charge in [-0.1, -0.05) is 54.6 Å². The SMILES string of the molecule is CS/C(=C(\c1ccc(O)cc1)c1ccc(OCCN(C)C)cc1)c1ccccc1. The van der Waals surface area contributed by atoms with Gasteiger partial charge in [-0.25, -0.2) is 0 Å². The Hall–Kier alpha value is -2.69. The van der Waals surface area contributed by atoms with Crippen molar-refractivity contribution in [3.8, 4) is 11.5 Å². The molecule has 1 N–H and O–H groups in total. The highest BCUT2D eigenvalue weighted by molar-refractivity contribution is 8.08. The maximum Gasteiger partial charge on any atom is 0.119 e. The van der Waals surface area contributed by atoms with Crippen molar-refractivity contribution >= 4 is 22.2 Å². The van der Waals surface area contributed by atoms with E-state index in [1.54, 1.807) is 23.9 Å². The molecule has 0 spiro atoms. The number of benzene rings is 3. The molecule has 0 saturated carbocycles. The van der Waals surface area contributed by atoms with E-state index in [1.165, 1.54) is 10.5 Å². The first-order chi connectivity index (χ1) is 14.1. The molecule has 0 radical (unpaired) electrons.